The third-order valence-corrected chi connectivity index (χ3v) is 2.26. The van der Waals surface area contributed by atoms with Gasteiger partial charge in [0.2, 0.25) is 12.4 Å². The van der Waals surface area contributed by atoms with Gasteiger partial charge in [0.1, 0.15) is 7.11 Å². The van der Waals surface area contributed by atoms with Crippen LogP contribution in [0.4, 0.5) is 0 Å². The summed E-state index contributed by atoms with van der Waals surface area (Å²) in [5, 5.41) is 0. The van der Waals surface area contributed by atoms with Gasteiger partial charge in [-0.25, -0.2) is 0 Å². The summed E-state index contributed by atoms with van der Waals surface area (Å²) >= 11 is 0. The van der Waals surface area contributed by atoms with E-state index in [-0.39, 0.29) is 0 Å². The number of hydrogen-bond acceptors (Lipinski definition) is 1. The molecule has 1 heterocycles. The molecule has 12 heavy (non-hydrogen) atoms. The Morgan fingerprint density at radius 1 is 1.42 bits per heavy atom. The van der Waals surface area contributed by atoms with Crippen LogP contribution in [-0.4, -0.2) is 7.11 Å². The van der Waals surface area contributed by atoms with Crippen molar-refractivity contribution in [2.24, 2.45) is 0 Å². The molecule has 1 aromatic rings. The van der Waals surface area contributed by atoms with Gasteiger partial charge < -0.3 is 0 Å². The van der Waals surface area contributed by atoms with Crippen molar-refractivity contribution in [1.82, 2.24) is 0 Å². The summed E-state index contributed by atoms with van der Waals surface area (Å²) in [5.41, 5.74) is 2.68. The topological polar surface area (TPSA) is 13.1 Å². The second kappa shape index (κ2) is 2.77. The van der Waals surface area contributed by atoms with Crippen LogP contribution in [0.3, 0.4) is 0 Å². The first-order chi connectivity index (χ1) is 5.79. The fourth-order valence-corrected chi connectivity index (χ4v) is 1.47. The molecule has 0 saturated heterocycles. The average Bonchev–Trinajstić information content (AvgIpc) is 2.85. The van der Waals surface area contributed by atoms with Crippen LogP contribution < -0.4 is 9.57 Å². The molecule has 1 saturated carbocycles. The Balaban J connectivity index is 2.34. The number of pyridine rings is 1. The van der Waals surface area contributed by atoms with Gasteiger partial charge in [-0.15, -0.1) is 0 Å². The van der Waals surface area contributed by atoms with Gasteiger partial charge in [-0.2, -0.15) is 0 Å². The van der Waals surface area contributed by atoms with Crippen molar-refractivity contribution in [2.75, 3.05) is 7.11 Å². The van der Waals surface area contributed by atoms with E-state index in [4.69, 9.17) is 4.84 Å². The minimum absolute atomic E-state index is 0.797. The van der Waals surface area contributed by atoms with Crippen LogP contribution in [0.5, 0.6) is 0 Å². The van der Waals surface area contributed by atoms with E-state index < -0.39 is 0 Å². The average molecular weight is 164 g/mol. The van der Waals surface area contributed by atoms with Gasteiger partial charge in [0, 0.05) is 15.9 Å². The van der Waals surface area contributed by atoms with Crippen molar-refractivity contribution in [1.29, 1.82) is 0 Å². The summed E-state index contributed by atoms with van der Waals surface area (Å²) in [7, 11) is 1.69. The first-order valence-electron chi connectivity index (χ1n) is 4.37. The standard InChI is InChI=1S/C10H14NO/c1-8-5-10(9-3-4-9)7-11(6-8)12-2/h5-7,9H,3-4H2,1-2H3/q+1. The molecular weight excluding hydrogens is 150 g/mol. The molecule has 0 radical (unpaired) electrons. The van der Waals surface area contributed by atoms with Gasteiger partial charge in [0.05, 0.1) is 0 Å². The molecule has 2 nitrogen and oxygen atoms in total. The Morgan fingerprint density at radius 3 is 2.75 bits per heavy atom. The van der Waals surface area contributed by atoms with Gasteiger partial charge in [0.25, 0.3) is 0 Å². The van der Waals surface area contributed by atoms with Crippen molar-refractivity contribution in [3.8, 4) is 0 Å². The van der Waals surface area contributed by atoms with Crippen LogP contribution in [0, 0.1) is 6.92 Å². The Kier molecular flexibility index (Phi) is 1.75. The summed E-state index contributed by atoms with van der Waals surface area (Å²) in [6.07, 6.45) is 6.75. The zero-order valence-corrected chi connectivity index (χ0v) is 7.58. The quantitative estimate of drug-likeness (QED) is 0.599. The largest absolute Gasteiger partial charge is 0.275 e. The number of nitrogens with zero attached hydrogens (tertiary/aromatic N) is 1. The van der Waals surface area contributed by atoms with Crippen LogP contribution in [0.15, 0.2) is 18.5 Å². The highest BCUT2D eigenvalue weighted by atomic mass is 16.6. The van der Waals surface area contributed by atoms with Gasteiger partial charge in [-0.05, 0) is 31.7 Å². The minimum atomic E-state index is 0.797. The molecule has 1 aromatic heterocycles. The molecule has 0 unspecified atom stereocenters. The Bertz CT molecular complexity index is 292. The van der Waals surface area contributed by atoms with Crippen LogP contribution in [0.2, 0.25) is 0 Å². The van der Waals surface area contributed by atoms with Crippen LogP contribution in [0.1, 0.15) is 29.9 Å². The summed E-state index contributed by atoms with van der Waals surface area (Å²) < 4.78 is 1.78. The predicted octanol–water partition coefficient (Wildman–Crippen LogP) is 1.22. The monoisotopic (exact) mass is 164 g/mol. The van der Waals surface area contributed by atoms with E-state index in [0.717, 1.165) is 5.92 Å². The van der Waals surface area contributed by atoms with Crippen molar-refractivity contribution in [2.45, 2.75) is 25.7 Å². The first-order valence-corrected chi connectivity index (χ1v) is 4.37. The summed E-state index contributed by atoms with van der Waals surface area (Å²) in [4.78, 5) is 5.13. The van der Waals surface area contributed by atoms with Gasteiger partial charge >= 0.3 is 0 Å². The summed E-state index contributed by atoms with van der Waals surface area (Å²) in [6.45, 7) is 2.10. The minimum Gasteiger partial charge on any atom is -0.275 e. The maximum Gasteiger partial charge on any atom is 0.225 e. The highest BCUT2D eigenvalue weighted by molar-refractivity contribution is 5.21. The molecule has 0 bridgehead atoms. The molecule has 64 valence electrons. The molecule has 0 N–H and O–H groups in total. The van der Waals surface area contributed by atoms with Crippen molar-refractivity contribution < 1.29 is 9.57 Å². The molecule has 1 aliphatic carbocycles. The third kappa shape index (κ3) is 1.42. The highest BCUT2D eigenvalue weighted by Gasteiger charge is 2.26. The lowest BCUT2D eigenvalue weighted by molar-refractivity contribution is -0.886. The molecule has 1 aliphatic rings. The van der Waals surface area contributed by atoms with Crippen molar-refractivity contribution >= 4 is 0 Å². The fraction of sp³-hybridized carbons (Fsp3) is 0.500. The second-order valence-electron chi connectivity index (χ2n) is 3.46. The van der Waals surface area contributed by atoms with E-state index in [1.807, 2.05) is 6.20 Å². The Labute approximate surface area is 72.7 Å². The van der Waals surface area contributed by atoms with E-state index in [0.29, 0.717) is 0 Å². The van der Waals surface area contributed by atoms with E-state index in [1.165, 1.54) is 24.0 Å². The van der Waals surface area contributed by atoms with Crippen molar-refractivity contribution in [3.05, 3.63) is 29.6 Å². The Hall–Kier alpha value is -1.05. The molecule has 1 fully saturated rings. The lowest BCUT2D eigenvalue weighted by Crippen LogP contribution is -2.40. The molecular formula is C10H14NO+. The number of aromatic nitrogens is 1. The number of hydrogen-bond donors (Lipinski definition) is 0. The highest BCUT2D eigenvalue weighted by Crippen LogP contribution is 2.39. The number of aryl methyl sites for hydroxylation is 1. The smallest absolute Gasteiger partial charge is 0.225 e. The maximum absolute atomic E-state index is 5.13. The normalized spacial score (nSPS) is 16.2. The molecule has 0 spiro atoms. The maximum atomic E-state index is 5.13. The lowest BCUT2D eigenvalue weighted by atomic mass is 10.1. The zero-order valence-electron chi connectivity index (χ0n) is 7.58. The number of rotatable bonds is 2. The van der Waals surface area contributed by atoms with Crippen LogP contribution in [-0.2, 0) is 0 Å². The second-order valence-corrected chi connectivity index (χ2v) is 3.46. The SMILES string of the molecule is CO[n+]1cc(C)cc(C2CC2)c1. The van der Waals surface area contributed by atoms with E-state index in [2.05, 4.69) is 19.2 Å². The van der Waals surface area contributed by atoms with E-state index in [1.54, 1.807) is 11.8 Å². The fourth-order valence-electron chi connectivity index (χ4n) is 1.47. The van der Waals surface area contributed by atoms with Gasteiger partial charge in [0.15, 0.2) is 0 Å². The molecule has 0 atom stereocenters. The third-order valence-electron chi connectivity index (χ3n) is 2.26. The zero-order chi connectivity index (χ0) is 8.55. The molecule has 2 rings (SSSR count). The molecule has 0 aliphatic heterocycles. The van der Waals surface area contributed by atoms with Gasteiger partial charge in [-0.3, -0.25) is 4.84 Å². The Morgan fingerprint density at radius 2 is 2.17 bits per heavy atom. The van der Waals surface area contributed by atoms with Crippen molar-refractivity contribution in [3.63, 3.8) is 0 Å². The summed E-state index contributed by atoms with van der Waals surface area (Å²) in [6, 6.07) is 2.24. The molecule has 2 heteroatoms. The lowest BCUT2D eigenvalue weighted by Gasteiger charge is -1.97. The van der Waals surface area contributed by atoms with Gasteiger partial charge in [-0.1, -0.05) is 0 Å². The summed E-state index contributed by atoms with van der Waals surface area (Å²) in [5.74, 6) is 0.797. The predicted molar refractivity (Wildman–Crippen MR) is 45.9 cm³/mol. The van der Waals surface area contributed by atoms with E-state index >= 15 is 0 Å². The first kappa shape index (κ1) is 7.59. The molecule has 0 amide bonds. The van der Waals surface area contributed by atoms with Crippen LogP contribution in [0.25, 0.3) is 0 Å². The van der Waals surface area contributed by atoms with Crippen LogP contribution >= 0.6 is 0 Å². The molecule has 0 aromatic carbocycles. The van der Waals surface area contributed by atoms with E-state index in [9.17, 15) is 0 Å².